The number of aliphatic hydroxyl groups is 1. The van der Waals surface area contributed by atoms with Gasteiger partial charge in [-0.25, -0.2) is 9.67 Å². The molecule has 0 aliphatic carbocycles. The van der Waals surface area contributed by atoms with Gasteiger partial charge < -0.3 is 15.3 Å². The molecule has 128 valence electrons. The molecule has 0 saturated carbocycles. The highest BCUT2D eigenvalue weighted by atomic mass is 16.3. The van der Waals surface area contributed by atoms with E-state index in [0.29, 0.717) is 23.6 Å². The maximum Gasteiger partial charge on any atom is 0.259 e. The van der Waals surface area contributed by atoms with E-state index in [1.807, 2.05) is 36.2 Å². The van der Waals surface area contributed by atoms with Crippen LogP contribution in [-0.2, 0) is 0 Å². The first kappa shape index (κ1) is 16.7. The molecule has 7 nitrogen and oxygen atoms in total. The SMILES string of the molecule is CN(CCO)c1ccc(NC(=O)c2cccnc2-n2cccn2)cc1. The van der Waals surface area contributed by atoms with E-state index in [4.69, 9.17) is 5.11 Å². The number of amides is 1. The molecule has 0 spiro atoms. The fourth-order valence-electron chi connectivity index (χ4n) is 2.43. The Labute approximate surface area is 145 Å². The summed E-state index contributed by atoms with van der Waals surface area (Å²) in [6, 6.07) is 12.6. The predicted octanol–water partition coefficient (Wildman–Crippen LogP) is 1.95. The first-order valence-electron chi connectivity index (χ1n) is 7.87. The number of aromatic nitrogens is 3. The van der Waals surface area contributed by atoms with Crippen molar-refractivity contribution in [2.24, 2.45) is 0 Å². The summed E-state index contributed by atoms with van der Waals surface area (Å²) in [5.41, 5.74) is 2.08. The zero-order chi connectivity index (χ0) is 17.6. The molecule has 0 atom stereocenters. The van der Waals surface area contributed by atoms with Gasteiger partial charge in [0.15, 0.2) is 5.82 Å². The van der Waals surface area contributed by atoms with Crippen LogP contribution in [0.1, 0.15) is 10.4 Å². The Balaban J connectivity index is 1.77. The monoisotopic (exact) mass is 337 g/mol. The van der Waals surface area contributed by atoms with Gasteiger partial charge >= 0.3 is 0 Å². The van der Waals surface area contributed by atoms with Crippen molar-refractivity contribution >= 4 is 17.3 Å². The van der Waals surface area contributed by atoms with Crippen LogP contribution in [0.5, 0.6) is 0 Å². The van der Waals surface area contributed by atoms with E-state index in [1.165, 1.54) is 0 Å². The van der Waals surface area contributed by atoms with Crippen molar-refractivity contribution in [1.29, 1.82) is 0 Å². The van der Waals surface area contributed by atoms with Crippen LogP contribution in [0.15, 0.2) is 61.1 Å². The summed E-state index contributed by atoms with van der Waals surface area (Å²) >= 11 is 0. The van der Waals surface area contributed by atoms with E-state index in [9.17, 15) is 4.79 Å². The Morgan fingerprint density at radius 3 is 2.68 bits per heavy atom. The fraction of sp³-hybridized carbons (Fsp3) is 0.167. The number of rotatable bonds is 6. The number of hydrogen-bond donors (Lipinski definition) is 2. The van der Waals surface area contributed by atoms with Crippen molar-refractivity contribution in [3.8, 4) is 5.82 Å². The molecule has 2 N–H and O–H groups in total. The molecule has 1 amide bonds. The molecular formula is C18H19N5O2. The number of likely N-dealkylation sites (N-methyl/N-ethyl adjacent to an activating group) is 1. The van der Waals surface area contributed by atoms with Gasteiger partial charge in [0.05, 0.1) is 12.2 Å². The predicted molar refractivity (Wildman–Crippen MR) is 96.1 cm³/mol. The summed E-state index contributed by atoms with van der Waals surface area (Å²) in [5.74, 6) is 0.222. The van der Waals surface area contributed by atoms with Gasteiger partial charge in [0.1, 0.15) is 0 Å². The molecule has 3 aromatic rings. The Morgan fingerprint density at radius 1 is 1.20 bits per heavy atom. The van der Waals surface area contributed by atoms with Crippen LogP contribution in [0.3, 0.4) is 0 Å². The number of aliphatic hydroxyl groups excluding tert-OH is 1. The van der Waals surface area contributed by atoms with E-state index < -0.39 is 0 Å². The van der Waals surface area contributed by atoms with E-state index in [-0.39, 0.29) is 12.5 Å². The molecule has 0 saturated heterocycles. The van der Waals surface area contributed by atoms with Gasteiger partial charge in [-0.3, -0.25) is 4.79 Å². The highest BCUT2D eigenvalue weighted by molar-refractivity contribution is 6.06. The summed E-state index contributed by atoms with van der Waals surface area (Å²) in [4.78, 5) is 18.8. The summed E-state index contributed by atoms with van der Waals surface area (Å²) in [7, 11) is 1.90. The molecule has 0 aliphatic heterocycles. The zero-order valence-electron chi connectivity index (χ0n) is 13.8. The summed E-state index contributed by atoms with van der Waals surface area (Å²) in [6.45, 7) is 0.640. The summed E-state index contributed by atoms with van der Waals surface area (Å²) in [6.07, 6.45) is 5.00. The normalized spacial score (nSPS) is 10.5. The Hall–Kier alpha value is -3.19. The highest BCUT2D eigenvalue weighted by Crippen LogP contribution is 2.18. The Kier molecular flexibility index (Phi) is 5.06. The van der Waals surface area contributed by atoms with Gasteiger partial charge in [-0.05, 0) is 42.5 Å². The van der Waals surface area contributed by atoms with Gasteiger partial charge in [0.25, 0.3) is 5.91 Å². The van der Waals surface area contributed by atoms with E-state index >= 15 is 0 Å². The maximum absolute atomic E-state index is 12.6. The van der Waals surface area contributed by atoms with Crippen molar-refractivity contribution in [3.05, 3.63) is 66.6 Å². The van der Waals surface area contributed by atoms with Gasteiger partial charge in [-0.2, -0.15) is 5.10 Å². The standard InChI is InChI=1S/C18H19N5O2/c1-22(12-13-24)15-7-5-14(6-8-15)21-18(25)16-4-2-9-19-17(16)23-11-3-10-20-23/h2-11,24H,12-13H2,1H3,(H,21,25). The van der Waals surface area contributed by atoms with Gasteiger partial charge in [0, 0.05) is 43.6 Å². The number of benzene rings is 1. The lowest BCUT2D eigenvalue weighted by molar-refractivity contribution is 0.102. The molecule has 7 heteroatoms. The van der Waals surface area contributed by atoms with Gasteiger partial charge in [-0.15, -0.1) is 0 Å². The van der Waals surface area contributed by atoms with Crippen LogP contribution in [0.25, 0.3) is 5.82 Å². The third-order valence-corrected chi connectivity index (χ3v) is 3.75. The van der Waals surface area contributed by atoms with Crippen molar-refractivity contribution in [2.45, 2.75) is 0 Å². The third kappa shape index (κ3) is 3.84. The van der Waals surface area contributed by atoms with Crippen LogP contribution in [0.2, 0.25) is 0 Å². The van der Waals surface area contributed by atoms with Crippen molar-refractivity contribution in [2.75, 3.05) is 30.4 Å². The lowest BCUT2D eigenvalue weighted by atomic mass is 10.2. The molecule has 0 fully saturated rings. The van der Waals surface area contributed by atoms with Crippen LogP contribution in [0.4, 0.5) is 11.4 Å². The van der Waals surface area contributed by atoms with Crippen LogP contribution >= 0.6 is 0 Å². The minimum atomic E-state index is -0.255. The second kappa shape index (κ2) is 7.59. The number of pyridine rings is 1. The molecular weight excluding hydrogens is 318 g/mol. The Bertz CT molecular complexity index is 831. The topological polar surface area (TPSA) is 83.3 Å². The second-order valence-corrected chi connectivity index (χ2v) is 5.47. The number of carbonyl (C=O) groups is 1. The smallest absolute Gasteiger partial charge is 0.259 e. The molecule has 1 aromatic carbocycles. The molecule has 0 unspecified atom stereocenters. The van der Waals surface area contributed by atoms with Crippen LogP contribution in [-0.4, -0.2) is 46.0 Å². The molecule has 2 aromatic heterocycles. The summed E-state index contributed by atoms with van der Waals surface area (Å²) in [5, 5.41) is 16.0. The molecule has 0 bridgehead atoms. The molecule has 0 radical (unpaired) electrons. The van der Waals surface area contributed by atoms with Crippen LogP contribution in [0, 0.1) is 0 Å². The van der Waals surface area contributed by atoms with Gasteiger partial charge in [0.2, 0.25) is 0 Å². The fourth-order valence-corrected chi connectivity index (χ4v) is 2.43. The maximum atomic E-state index is 12.6. The Morgan fingerprint density at radius 2 is 2.00 bits per heavy atom. The largest absolute Gasteiger partial charge is 0.395 e. The zero-order valence-corrected chi connectivity index (χ0v) is 13.8. The number of anilines is 2. The number of nitrogens with one attached hydrogen (secondary N) is 1. The minimum Gasteiger partial charge on any atom is -0.395 e. The van der Waals surface area contributed by atoms with E-state index in [2.05, 4.69) is 15.4 Å². The first-order chi connectivity index (χ1) is 12.2. The number of hydrogen-bond acceptors (Lipinski definition) is 5. The third-order valence-electron chi connectivity index (χ3n) is 3.75. The lowest BCUT2D eigenvalue weighted by Crippen LogP contribution is -2.21. The summed E-state index contributed by atoms with van der Waals surface area (Å²) < 4.78 is 1.56. The average Bonchev–Trinajstić information content (AvgIpc) is 3.17. The number of carbonyl (C=O) groups excluding carboxylic acids is 1. The molecule has 3 rings (SSSR count). The molecule has 25 heavy (non-hydrogen) atoms. The molecule has 2 heterocycles. The quantitative estimate of drug-likeness (QED) is 0.718. The van der Waals surface area contributed by atoms with Gasteiger partial charge in [-0.1, -0.05) is 0 Å². The number of nitrogens with zero attached hydrogens (tertiary/aromatic N) is 4. The van der Waals surface area contributed by atoms with Crippen molar-refractivity contribution in [3.63, 3.8) is 0 Å². The average molecular weight is 337 g/mol. The van der Waals surface area contributed by atoms with Crippen molar-refractivity contribution < 1.29 is 9.90 Å². The van der Waals surface area contributed by atoms with E-state index in [1.54, 1.807) is 41.5 Å². The minimum absolute atomic E-state index is 0.0895. The van der Waals surface area contributed by atoms with Crippen LogP contribution < -0.4 is 10.2 Å². The van der Waals surface area contributed by atoms with E-state index in [0.717, 1.165) is 5.69 Å². The molecule has 0 aliphatic rings. The lowest BCUT2D eigenvalue weighted by Gasteiger charge is -2.18. The first-order valence-corrected chi connectivity index (χ1v) is 7.87. The highest BCUT2D eigenvalue weighted by Gasteiger charge is 2.14. The second-order valence-electron chi connectivity index (χ2n) is 5.47. The van der Waals surface area contributed by atoms with Crippen molar-refractivity contribution in [1.82, 2.24) is 14.8 Å².